The van der Waals surface area contributed by atoms with Gasteiger partial charge in [-0.05, 0) is 31.1 Å². The summed E-state index contributed by atoms with van der Waals surface area (Å²) in [7, 11) is 0. The fraction of sp³-hybridized carbons (Fsp3) is 0.929. The van der Waals surface area contributed by atoms with Crippen molar-refractivity contribution in [1.29, 1.82) is 0 Å². The molecule has 0 radical (unpaired) electrons. The van der Waals surface area contributed by atoms with Crippen molar-refractivity contribution in [2.45, 2.75) is 71.9 Å². The number of carbonyl (C=O) groups excluding carboxylic acids is 1. The minimum atomic E-state index is -0.319. The first kappa shape index (κ1) is 14.5. The molecule has 2 atom stereocenters. The van der Waals surface area contributed by atoms with Crippen LogP contribution in [0.3, 0.4) is 0 Å². The first-order valence-electron chi connectivity index (χ1n) is 6.88. The van der Waals surface area contributed by atoms with Crippen molar-refractivity contribution in [3.05, 3.63) is 0 Å². The normalized spacial score (nSPS) is 21.9. The molecule has 1 saturated carbocycles. The van der Waals surface area contributed by atoms with E-state index in [0.29, 0.717) is 5.92 Å². The van der Waals surface area contributed by atoms with Crippen LogP contribution in [0.25, 0.3) is 0 Å². The fourth-order valence-electron chi connectivity index (χ4n) is 2.23. The fourth-order valence-corrected chi connectivity index (χ4v) is 2.23. The van der Waals surface area contributed by atoms with E-state index in [2.05, 4.69) is 26.1 Å². The molecule has 1 aliphatic rings. The average molecular weight is 240 g/mol. The predicted molar refractivity (Wildman–Crippen MR) is 71.6 cm³/mol. The van der Waals surface area contributed by atoms with Crippen molar-refractivity contribution in [3.8, 4) is 0 Å². The zero-order valence-corrected chi connectivity index (χ0v) is 11.8. The minimum absolute atomic E-state index is 0.0272. The van der Waals surface area contributed by atoms with Gasteiger partial charge in [0.2, 0.25) is 5.91 Å². The maximum atomic E-state index is 12.1. The summed E-state index contributed by atoms with van der Waals surface area (Å²) in [6.45, 7) is 8.43. The monoisotopic (exact) mass is 240 g/mol. The van der Waals surface area contributed by atoms with Crippen LogP contribution in [-0.4, -0.2) is 18.0 Å². The lowest BCUT2D eigenvalue weighted by Crippen LogP contribution is -2.51. The molecule has 0 bridgehead atoms. The molecule has 0 aromatic heterocycles. The maximum Gasteiger partial charge on any atom is 0.237 e. The summed E-state index contributed by atoms with van der Waals surface area (Å²) < 4.78 is 0. The molecule has 1 fully saturated rings. The topological polar surface area (TPSA) is 55.1 Å². The number of hydrogen-bond donors (Lipinski definition) is 2. The van der Waals surface area contributed by atoms with E-state index in [1.165, 1.54) is 19.3 Å². The van der Waals surface area contributed by atoms with Crippen LogP contribution in [0.2, 0.25) is 0 Å². The van der Waals surface area contributed by atoms with Gasteiger partial charge in [0.1, 0.15) is 0 Å². The Bertz CT molecular complexity index is 251. The van der Waals surface area contributed by atoms with Gasteiger partial charge in [0.15, 0.2) is 0 Å². The van der Waals surface area contributed by atoms with Crippen LogP contribution in [0.15, 0.2) is 0 Å². The van der Waals surface area contributed by atoms with Gasteiger partial charge in [-0.3, -0.25) is 4.79 Å². The molecule has 0 aromatic carbocycles. The van der Waals surface area contributed by atoms with Crippen LogP contribution in [0.1, 0.15) is 59.8 Å². The molecule has 0 aromatic rings. The van der Waals surface area contributed by atoms with Gasteiger partial charge in [0.25, 0.3) is 0 Å². The van der Waals surface area contributed by atoms with Gasteiger partial charge in [-0.15, -0.1) is 0 Å². The first-order chi connectivity index (χ1) is 7.82. The minimum Gasteiger partial charge on any atom is -0.352 e. The SMILES string of the molecule is CC(NC(=O)[C@@H](N)C1CCCCC1)C(C)(C)C. The lowest BCUT2D eigenvalue weighted by atomic mass is 9.83. The van der Waals surface area contributed by atoms with Gasteiger partial charge in [-0.1, -0.05) is 40.0 Å². The van der Waals surface area contributed by atoms with Crippen LogP contribution in [0.4, 0.5) is 0 Å². The Morgan fingerprint density at radius 3 is 2.24 bits per heavy atom. The van der Waals surface area contributed by atoms with Gasteiger partial charge < -0.3 is 11.1 Å². The molecule has 17 heavy (non-hydrogen) atoms. The lowest BCUT2D eigenvalue weighted by Gasteiger charge is -2.32. The van der Waals surface area contributed by atoms with Crippen LogP contribution >= 0.6 is 0 Å². The highest BCUT2D eigenvalue weighted by Crippen LogP contribution is 2.26. The molecule has 0 spiro atoms. The molecule has 3 heteroatoms. The molecule has 0 aliphatic heterocycles. The molecule has 100 valence electrons. The van der Waals surface area contributed by atoms with Gasteiger partial charge >= 0.3 is 0 Å². The summed E-state index contributed by atoms with van der Waals surface area (Å²) in [6.07, 6.45) is 5.96. The predicted octanol–water partition coefficient (Wildman–Crippen LogP) is 2.44. The molecular formula is C14H28N2O. The zero-order chi connectivity index (χ0) is 13.1. The van der Waals surface area contributed by atoms with E-state index in [0.717, 1.165) is 12.8 Å². The van der Waals surface area contributed by atoms with E-state index < -0.39 is 0 Å². The number of rotatable bonds is 3. The van der Waals surface area contributed by atoms with Gasteiger partial charge in [0.05, 0.1) is 6.04 Å². The molecule has 1 unspecified atom stereocenters. The first-order valence-corrected chi connectivity index (χ1v) is 6.88. The number of hydrogen-bond acceptors (Lipinski definition) is 2. The highest BCUT2D eigenvalue weighted by molar-refractivity contribution is 5.82. The van der Waals surface area contributed by atoms with Crippen LogP contribution < -0.4 is 11.1 Å². The smallest absolute Gasteiger partial charge is 0.237 e. The number of amides is 1. The molecular weight excluding hydrogens is 212 g/mol. The van der Waals surface area contributed by atoms with Gasteiger partial charge in [0, 0.05) is 6.04 Å². The Kier molecular flexibility index (Phi) is 4.99. The quantitative estimate of drug-likeness (QED) is 0.796. The van der Waals surface area contributed by atoms with Gasteiger partial charge in [-0.25, -0.2) is 0 Å². The molecule has 0 saturated heterocycles. The molecule has 1 rings (SSSR count). The highest BCUT2D eigenvalue weighted by atomic mass is 16.2. The van der Waals surface area contributed by atoms with E-state index in [4.69, 9.17) is 5.73 Å². The summed E-state index contributed by atoms with van der Waals surface area (Å²) >= 11 is 0. The molecule has 3 nitrogen and oxygen atoms in total. The van der Waals surface area contributed by atoms with Crippen LogP contribution in [0, 0.1) is 11.3 Å². The Balaban J connectivity index is 2.46. The highest BCUT2D eigenvalue weighted by Gasteiger charge is 2.29. The second-order valence-electron chi connectivity index (χ2n) is 6.52. The molecule has 0 heterocycles. The largest absolute Gasteiger partial charge is 0.352 e. The molecule has 1 amide bonds. The van der Waals surface area contributed by atoms with E-state index in [1.54, 1.807) is 0 Å². The van der Waals surface area contributed by atoms with E-state index in [1.807, 2.05) is 6.92 Å². The third-order valence-corrected chi connectivity index (χ3v) is 4.12. The van der Waals surface area contributed by atoms with Crippen LogP contribution in [0.5, 0.6) is 0 Å². The van der Waals surface area contributed by atoms with E-state index in [-0.39, 0.29) is 23.4 Å². The van der Waals surface area contributed by atoms with Gasteiger partial charge in [-0.2, -0.15) is 0 Å². The summed E-state index contributed by atoms with van der Waals surface area (Å²) in [6, 6.07) is -0.162. The zero-order valence-electron chi connectivity index (χ0n) is 11.8. The second kappa shape index (κ2) is 5.85. The maximum absolute atomic E-state index is 12.1. The summed E-state index contributed by atoms with van der Waals surface area (Å²) in [5.74, 6) is 0.412. The Labute approximate surface area is 106 Å². The standard InChI is InChI=1S/C14H28N2O/c1-10(14(2,3)4)16-13(17)12(15)11-8-6-5-7-9-11/h10-12H,5-9,15H2,1-4H3,(H,16,17)/t10?,12-/m0/s1. The summed E-state index contributed by atoms with van der Waals surface area (Å²) in [4.78, 5) is 12.1. The Morgan fingerprint density at radius 2 is 1.76 bits per heavy atom. The van der Waals surface area contributed by atoms with E-state index >= 15 is 0 Å². The third-order valence-electron chi connectivity index (χ3n) is 4.12. The second-order valence-corrected chi connectivity index (χ2v) is 6.52. The van der Waals surface area contributed by atoms with Crippen molar-refractivity contribution in [1.82, 2.24) is 5.32 Å². The number of nitrogens with one attached hydrogen (secondary N) is 1. The number of nitrogens with two attached hydrogens (primary N) is 1. The Hall–Kier alpha value is -0.570. The van der Waals surface area contributed by atoms with Crippen LogP contribution in [-0.2, 0) is 4.79 Å². The molecule has 3 N–H and O–H groups in total. The van der Waals surface area contributed by atoms with E-state index in [9.17, 15) is 4.79 Å². The van der Waals surface area contributed by atoms with Crippen molar-refractivity contribution in [2.75, 3.05) is 0 Å². The molecule has 1 aliphatic carbocycles. The average Bonchev–Trinajstić information content (AvgIpc) is 2.27. The summed E-state index contributed by atoms with van der Waals surface area (Å²) in [5, 5.41) is 3.05. The lowest BCUT2D eigenvalue weighted by molar-refractivity contribution is -0.125. The van der Waals surface area contributed by atoms with Crippen molar-refractivity contribution in [2.24, 2.45) is 17.1 Å². The Morgan fingerprint density at radius 1 is 1.24 bits per heavy atom. The van der Waals surface area contributed by atoms with Crippen molar-refractivity contribution in [3.63, 3.8) is 0 Å². The third kappa shape index (κ3) is 4.30. The van der Waals surface area contributed by atoms with Crippen molar-refractivity contribution >= 4 is 5.91 Å². The summed E-state index contributed by atoms with van der Waals surface area (Å²) in [5.41, 5.74) is 6.16. The van der Waals surface area contributed by atoms with Crippen molar-refractivity contribution < 1.29 is 4.79 Å². The number of carbonyl (C=O) groups is 1.